The van der Waals surface area contributed by atoms with Crippen LogP contribution in [0.25, 0.3) is 11.3 Å². The highest BCUT2D eigenvalue weighted by Gasteiger charge is 2.57. The molecular weight excluding hydrogens is 395 g/mol. The maximum Gasteiger partial charge on any atom is 0.419 e. The fourth-order valence-corrected chi connectivity index (χ4v) is 5.01. The molecule has 9 heteroatoms. The third-order valence-electron chi connectivity index (χ3n) is 6.61. The van der Waals surface area contributed by atoms with Gasteiger partial charge in [0.25, 0.3) is 0 Å². The second-order valence-electron chi connectivity index (χ2n) is 9.12. The van der Waals surface area contributed by atoms with E-state index in [9.17, 15) is 13.2 Å². The van der Waals surface area contributed by atoms with Gasteiger partial charge in [-0.25, -0.2) is 4.98 Å². The van der Waals surface area contributed by atoms with Gasteiger partial charge in [-0.3, -0.25) is 4.68 Å². The van der Waals surface area contributed by atoms with E-state index >= 15 is 0 Å². The summed E-state index contributed by atoms with van der Waals surface area (Å²) < 4.78 is 47.0. The van der Waals surface area contributed by atoms with Gasteiger partial charge in [-0.1, -0.05) is 0 Å². The van der Waals surface area contributed by atoms with Crippen LogP contribution < -0.4 is 5.73 Å². The van der Waals surface area contributed by atoms with Crippen LogP contribution in [0.5, 0.6) is 0 Å². The monoisotopic (exact) mass is 421 g/mol. The van der Waals surface area contributed by atoms with E-state index in [-0.39, 0.29) is 6.04 Å². The van der Waals surface area contributed by atoms with Crippen LogP contribution >= 0.6 is 0 Å². The molecule has 2 saturated heterocycles. The molecule has 0 bridgehead atoms. The second kappa shape index (κ2) is 6.95. The zero-order chi connectivity index (χ0) is 21.2. The highest BCUT2D eigenvalue weighted by Crippen LogP contribution is 2.58. The Bertz CT molecular complexity index is 941. The Labute approximate surface area is 173 Å². The molecule has 2 N–H and O–H groups in total. The summed E-state index contributed by atoms with van der Waals surface area (Å²) in [5.41, 5.74) is 6.51. The molecule has 5 rings (SSSR count). The maximum atomic E-state index is 13.3. The number of nitrogen functional groups attached to an aromatic ring is 1. The molecule has 1 saturated carbocycles. The van der Waals surface area contributed by atoms with Crippen molar-refractivity contribution < 1.29 is 17.9 Å². The largest absolute Gasteiger partial charge is 0.419 e. The first-order valence-electron chi connectivity index (χ1n) is 10.4. The number of ether oxygens (including phenoxy) is 1. The highest BCUT2D eigenvalue weighted by molar-refractivity contribution is 5.63. The number of hydrogen-bond acceptors (Lipinski definition) is 5. The Hall–Kier alpha value is -2.13. The highest BCUT2D eigenvalue weighted by atomic mass is 19.4. The lowest BCUT2D eigenvalue weighted by atomic mass is 10.1. The van der Waals surface area contributed by atoms with E-state index in [0.717, 1.165) is 44.6 Å². The lowest BCUT2D eigenvalue weighted by Gasteiger charge is -2.31. The van der Waals surface area contributed by atoms with Crippen LogP contribution in [0.15, 0.2) is 18.3 Å². The molecule has 4 heterocycles. The summed E-state index contributed by atoms with van der Waals surface area (Å²) in [5, 5.41) is 4.65. The quantitative estimate of drug-likeness (QED) is 0.801. The summed E-state index contributed by atoms with van der Waals surface area (Å²) in [6.45, 7) is 9.08. The maximum absolute atomic E-state index is 13.3. The first kappa shape index (κ1) is 19.8. The molecular formula is C21H26F3N5O. The van der Waals surface area contributed by atoms with Gasteiger partial charge in [-0.05, 0) is 37.8 Å². The Kier molecular flexibility index (Phi) is 4.59. The van der Waals surface area contributed by atoms with Gasteiger partial charge in [0, 0.05) is 55.0 Å². The predicted molar refractivity (Wildman–Crippen MR) is 106 cm³/mol. The zero-order valence-corrected chi connectivity index (χ0v) is 17.1. The Balaban J connectivity index is 1.38. The van der Waals surface area contributed by atoms with Crippen molar-refractivity contribution in [1.82, 2.24) is 19.7 Å². The molecule has 162 valence electrons. The van der Waals surface area contributed by atoms with Crippen LogP contribution in [0.2, 0.25) is 0 Å². The number of nitrogens with zero attached hydrogens (tertiary/aromatic N) is 4. The van der Waals surface area contributed by atoms with E-state index in [4.69, 9.17) is 10.5 Å². The molecule has 3 aliphatic rings. The summed E-state index contributed by atoms with van der Waals surface area (Å²) in [4.78, 5) is 6.29. The fraction of sp³-hybridized carbons (Fsp3) is 0.619. The van der Waals surface area contributed by atoms with E-state index in [1.807, 2.05) is 24.6 Å². The number of halogens is 3. The average molecular weight is 421 g/mol. The average Bonchev–Trinajstić information content (AvgIpc) is 3.00. The summed E-state index contributed by atoms with van der Waals surface area (Å²) >= 11 is 0. The molecule has 1 unspecified atom stereocenters. The number of anilines is 1. The van der Waals surface area contributed by atoms with Gasteiger partial charge in [-0.2, -0.15) is 18.3 Å². The van der Waals surface area contributed by atoms with Gasteiger partial charge in [0.2, 0.25) is 0 Å². The molecule has 6 nitrogen and oxygen atoms in total. The molecule has 2 aromatic rings. The molecule has 0 aromatic carbocycles. The minimum absolute atomic E-state index is 0.127. The minimum atomic E-state index is -4.54. The Morgan fingerprint density at radius 1 is 1.20 bits per heavy atom. The third kappa shape index (κ3) is 3.37. The smallest absolute Gasteiger partial charge is 0.383 e. The van der Waals surface area contributed by atoms with Crippen molar-refractivity contribution in [2.75, 3.05) is 38.6 Å². The normalized spacial score (nSPS) is 26.8. The molecule has 2 aromatic heterocycles. The molecule has 2 aliphatic heterocycles. The fourth-order valence-electron chi connectivity index (χ4n) is 5.01. The van der Waals surface area contributed by atoms with E-state index in [1.54, 1.807) is 0 Å². The Morgan fingerprint density at radius 2 is 1.90 bits per heavy atom. The van der Waals surface area contributed by atoms with E-state index in [0.29, 0.717) is 34.9 Å². The van der Waals surface area contributed by atoms with Crippen molar-refractivity contribution in [2.24, 2.45) is 17.8 Å². The van der Waals surface area contributed by atoms with Crippen molar-refractivity contribution in [1.29, 1.82) is 0 Å². The number of nitrogens with two attached hydrogens (primary N) is 1. The lowest BCUT2D eigenvalue weighted by molar-refractivity contribution is -0.137. The SMILES string of the molecule is CC(C)n1nc(-c2cnc(N)c(C(F)(F)F)c2)cc1C1[C@H]2CN(CC3COC3)C[C@@H]12. The van der Waals surface area contributed by atoms with Crippen LogP contribution in [0.3, 0.4) is 0 Å². The van der Waals surface area contributed by atoms with Crippen LogP contribution in [0.1, 0.15) is 37.1 Å². The Morgan fingerprint density at radius 3 is 2.47 bits per heavy atom. The van der Waals surface area contributed by atoms with E-state index in [1.165, 1.54) is 6.20 Å². The molecule has 30 heavy (non-hydrogen) atoms. The van der Waals surface area contributed by atoms with Gasteiger partial charge >= 0.3 is 6.18 Å². The summed E-state index contributed by atoms with van der Waals surface area (Å²) in [6, 6.07) is 3.12. The van der Waals surface area contributed by atoms with Crippen molar-refractivity contribution in [3.63, 3.8) is 0 Å². The lowest BCUT2D eigenvalue weighted by Crippen LogP contribution is -2.39. The van der Waals surface area contributed by atoms with Crippen molar-refractivity contribution in [2.45, 2.75) is 32.0 Å². The van der Waals surface area contributed by atoms with Crippen LogP contribution in [-0.4, -0.2) is 52.5 Å². The minimum Gasteiger partial charge on any atom is -0.383 e. The first-order chi connectivity index (χ1) is 14.2. The number of fused-ring (bicyclic) bond motifs is 1. The predicted octanol–water partition coefficient (Wildman–Crippen LogP) is 3.42. The number of pyridine rings is 1. The van der Waals surface area contributed by atoms with Crippen LogP contribution in [-0.2, 0) is 10.9 Å². The third-order valence-corrected chi connectivity index (χ3v) is 6.61. The van der Waals surface area contributed by atoms with Crippen molar-refractivity contribution in [3.05, 3.63) is 29.6 Å². The van der Waals surface area contributed by atoms with Crippen molar-refractivity contribution in [3.8, 4) is 11.3 Å². The van der Waals surface area contributed by atoms with Crippen LogP contribution in [0, 0.1) is 17.8 Å². The number of likely N-dealkylation sites (tertiary alicyclic amines) is 1. The standard InChI is InChI=1S/C21H26F3N5O/c1-11(2)29-18(19-14-7-28(8-15(14)19)6-12-9-30-10-12)4-17(27-29)13-3-16(21(22,23)24)20(25)26-5-13/h3-5,11-12,14-15,19H,6-10H2,1-2H3,(H2,25,26)/t14-,15+,19?. The van der Waals surface area contributed by atoms with Crippen LogP contribution in [0.4, 0.5) is 19.0 Å². The summed E-state index contributed by atoms with van der Waals surface area (Å²) in [5.74, 6) is 1.77. The number of piperidine rings is 1. The summed E-state index contributed by atoms with van der Waals surface area (Å²) in [6.07, 6.45) is -3.17. The molecule has 1 aliphatic carbocycles. The number of aromatic nitrogens is 3. The topological polar surface area (TPSA) is 69.2 Å². The van der Waals surface area contributed by atoms with Gasteiger partial charge in [-0.15, -0.1) is 0 Å². The molecule has 0 spiro atoms. The van der Waals surface area contributed by atoms with Crippen molar-refractivity contribution >= 4 is 5.82 Å². The molecule has 0 radical (unpaired) electrons. The number of hydrogen-bond donors (Lipinski definition) is 1. The summed E-state index contributed by atoms with van der Waals surface area (Å²) in [7, 11) is 0. The van der Waals surface area contributed by atoms with E-state index < -0.39 is 17.6 Å². The van der Waals surface area contributed by atoms with E-state index in [2.05, 4.69) is 15.0 Å². The molecule has 3 atom stereocenters. The molecule has 3 fully saturated rings. The van der Waals surface area contributed by atoms with Gasteiger partial charge < -0.3 is 15.4 Å². The zero-order valence-electron chi connectivity index (χ0n) is 17.1. The first-order valence-corrected chi connectivity index (χ1v) is 10.4. The number of rotatable bonds is 5. The number of alkyl halides is 3. The van der Waals surface area contributed by atoms with Gasteiger partial charge in [0.1, 0.15) is 5.82 Å². The molecule has 0 amide bonds. The van der Waals surface area contributed by atoms with Gasteiger partial charge in [0.05, 0.1) is 24.5 Å². The van der Waals surface area contributed by atoms with Gasteiger partial charge in [0.15, 0.2) is 0 Å². The second-order valence-corrected chi connectivity index (χ2v) is 9.12.